The van der Waals surface area contributed by atoms with Crippen molar-refractivity contribution in [3.8, 4) is 11.4 Å². The maximum absolute atomic E-state index is 6.35. The highest BCUT2D eigenvalue weighted by molar-refractivity contribution is 5.68. The molecule has 2 N–H and O–H groups in total. The number of nitrogen functional groups attached to an aromatic ring is 1. The topological polar surface area (TPSA) is 61.7 Å². The first-order valence-electron chi connectivity index (χ1n) is 7.28. The summed E-state index contributed by atoms with van der Waals surface area (Å²) in [5, 5.41) is 0. The molecular weight excluding hydrogens is 250 g/mol. The number of nitrogens with zero attached hydrogens (tertiary/aromatic N) is 4. The third-order valence-corrected chi connectivity index (χ3v) is 4.14. The van der Waals surface area contributed by atoms with Gasteiger partial charge in [0.25, 0.3) is 0 Å². The fourth-order valence-corrected chi connectivity index (χ4v) is 2.78. The summed E-state index contributed by atoms with van der Waals surface area (Å²) in [6.45, 7) is 4.55. The fourth-order valence-electron chi connectivity index (χ4n) is 2.78. The molecular formula is C15H19N5. The number of aromatic nitrogens is 4. The summed E-state index contributed by atoms with van der Waals surface area (Å²) in [5.41, 5.74) is 8.29. The highest BCUT2D eigenvalue weighted by Crippen LogP contribution is 2.43. The van der Waals surface area contributed by atoms with Crippen molar-refractivity contribution in [3.05, 3.63) is 31.0 Å². The number of allylic oxidation sites excluding steroid dienone is 1. The monoisotopic (exact) mass is 269 g/mol. The molecule has 2 aromatic rings. The van der Waals surface area contributed by atoms with E-state index in [-0.39, 0.29) is 0 Å². The highest BCUT2D eigenvalue weighted by atomic mass is 15.2. The zero-order valence-corrected chi connectivity index (χ0v) is 11.5. The number of hydrogen-bond acceptors (Lipinski definition) is 3. The molecule has 0 aromatic carbocycles. The van der Waals surface area contributed by atoms with Crippen molar-refractivity contribution >= 4 is 5.82 Å². The highest BCUT2D eigenvalue weighted by Gasteiger charge is 2.32. The predicted molar refractivity (Wildman–Crippen MR) is 78.3 cm³/mol. The lowest BCUT2D eigenvalue weighted by atomic mass is 10.3. The Hall–Kier alpha value is -2.04. The first kappa shape index (κ1) is 11.8. The van der Waals surface area contributed by atoms with E-state index in [0.29, 0.717) is 12.0 Å². The van der Waals surface area contributed by atoms with Crippen LogP contribution in [-0.4, -0.2) is 19.1 Å². The Balaban J connectivity index is 1.82. The average molecular weight is 269 g/mol. The van der Waals surface area contributed by atoms with Gasteiger partial charge in [0.05, 0.1) is 18.2 Å². The molecule has 0 spiro atoms. The minimum absolute atomic E-state index is 0.572. The molecule has 5 nitrogen and oxygen atoms in total. The van der Waals surface area contributed by atoms with E-state index < -0.39 is 0 Å². The normalized spacial score (nSPS) is 18.4. The fraction of sp³-hybridized carbons (Fsp3) is 0.467. The van der Waals surface area contributed by atoms with Crippen LogP contribution in [0.4, 0.5) is 5.82 Å². The molecule has 0 bridgehead atoms. The van der Waals surface area contributed by atoms with Gasteiger partial charge in [-0.2, -0.15) is 0 Å². The molecule has 0 saturated heterocycles. The largest absolute Gasteiger partial charge is 0.383 e. The molecule has 2 heterocycles. The van der Waals surface area contributed by atoms with Gasteiger partial charge in [-0.25, -0.2) is 9.97 Å². The molecule has 0 radical (unpaired) electrons. The van der Waals surface area contributed by atoms with Crippen molar-refractivity contribution in [1.82, 2.24) is 19.1 Å². The smallest absolute Gasteiger partial charge is 0.133 e. The van der Waals surface area contributed by atoms with Gasteiger partial charge in [-0.05, 0) is 25.7 Å². The number of imidazole rings is 2. The zero-order chi connectivity index (χ0) is 13.7. The summed E-state index contributed by atoms with van der Waals surface area (Å²) in [6.07, 6.45) is 10.6. The van der Waals surface area contributed by atoms with Crippen LogP contribution in [-0.2, 0) is 6.54 Å². The maximum atomic E-state index is 6.35. The van der Waals surface area contributed by atoms with E-state index >= 15 is 0 Å². The van der Waals surface area contributed by atoms with E-state index in [9.17, 15) is 0 Å². The molecule has 0 atom stereocenters. The second kappa shape index (κ2) is 4.23. The molecule has 20 heavy (non-hydrogen) atoms. The van der Waals surface area contributed by atoms with Crippen molar-refractivity contribution in [3.63, 3.8) is 0 Å². The number of rotatable bonds is 5. The van der Waals surface area contributed by atoms with Crippen LogP contribution in [0, 0.1) is 0 Å². The van der Waals surface area contributed by atoms with Crippen LogP contribution in [0.5, 0.6) is 0 Å². The van der Waals surface area contributed by atoms with Crippen molar-refractivity contribution in [1.29, 1.82) is 0 Å². The molecule has 4 rings (SSSR count). The van der Waals surface area contributed by atoms with Crippen LogP contribution in [0.2, 0.25) is 0 Å². The van der Waals surface area contributed by atoms with E-state index in [4.69, 9.17) is 10.7 Å². The molecule has 0 aliphatic heterocycles. The van der Waals surface area contributed by atoms with Gasteiger partial charge in [-0.15, -0.1) is 6.58 Å². The SMILES string of the molecule is C=CCn1c(C2CC2)nc(-c2cncn2C2CC2)c1N. The van der Waals surface area contributed by atoms with Crippen LogP contribution in [0.1, 0.15) is 43.5 Å². The molecule has 2 aliphatic rings. The number of nitrogens with two attached hydrogens (primary N) is 1. The average Bonchev–Trinajstić information content (AvgIpc) is 3.37. The van der Waals surface area contributed by atoms with Crippen molar-refractivity contribution in [2.24, 2.45) is 0 Å². The summed E-state index contributed by atoms with van der Waals surface area (Å²) in [6, 6.07) is 0.584. The van der Waals surface area contributed by atoms with E-state index in [1.807, 2.05) is 18.6 Å². The second-order valence-corrected chi connectivity index (χ2v) is 5.79. The van der Waals surface area contributed by atoms with Gasteiger partial charge in [-0.1, -0.05) is 6.08 Å². The van der Waals surface area contributed by atoms with Crippen LogP contribution >= 0.6 is 0 Å². The summed E-state index contributed by atoms with van der Waals surface area (Å²) in [7, 11) is 0. The summed E-state index contributed by atoms with van der Waals surface area (Å²) >= 11 is 0. The van der Waals surface area contributed by atoms with Gasteiger partial charge < -0.3 is 14.9 Å². The van der Waals surface area contributed by atoms with Gasteiger partial charge in [0.2, 0.25) is 0 Å². The molecule has 2 aromatic heterocycles. The van der Waals surface area contributed by atoms with Gasteiger partial charge >= 0.3 is 0 Å². The Bertz CT molecular complexity index is 658. The second-order valence-electron chi connectivity index (χ2n) is 5.79. The van der Waals surface area contributed by atoms with Gasteiger partial charge in [0.1, 0.15) is 17.3 Å². The molecule has 2 saturated carbocycles. The van der Waals surface area contributed by atoms with E-state index in [1.165, 1.54) is 25.7 Å². The van der Waals surface area contributed by atoms with Crippen LogP contribution in [0.25, 0.3) is 11.4 Å². The molecule has 2 aliphatic carbocycles. The Morgan fingerprint density at radius 2 is 2.15 bits per heavy atom. The van der Waals surface area contributed by atoms with E-state index in [2.05, 4.69) is 20.7 Å². The van der Waals surface area contributed by atoms with E-state index in [0.717, 1.165) is 29.6 Å². The molecule has 5 heteroatoms. The first-order valence-corrected chi connectivity index (χ1v) is 7.28. The first-order chi connectivity index (χ1) is 9.79. The number of hydrogen-bond donors (Lipinski definition) is 1. The Kier molecular flexibility index (Phi) is 2.49. The molecule has 2 fully saturated rings. The molecule has 0 unspecified atom stereocenters. The van der Waals surface area contributed by atoms with Crippen LogP contribution in [0.3, 0.4) is 0 Å². The quantitative estimate of drug-likeness (QED) is 0.849. The zero-order valence-electron chi connectivity index (χ0n) is 11.5. The lowest BCUT2D eigenvalue weighted by molar-refractivity contribution is 0.745. The summed E-state index contributed by atoms with van der Waals surface area (Å²) < 4.78 is 4.32. The third kappa shape index (κ3) is 1.77. The van der Waals surface area contributed by atoms with Crippen molar-refractivity contribution < 1.29 is 0 Å². The van der Waals surface area contributed by atoms with Gasteiger partial charge in [-0.3, -0.25) is 0 Å². The number of anilines is 1. The van der Waals surface area contributed by atoms with Crippen molar-refractivity contribution in [2.45, 2.75) is 44.2 Å². The minimum atomic E-state index is 0.572. The predicted octanol–water partition coefficient (Wildman–Crippen LogP) is 2.73. The lowest BCUT2D eigenvalue weighted by Crippen LogP contribution is -2.05. The lowest BCUT2D eigenvalue weighted by Gasteiger charge is -2.07. The Morgan fingerprint density at radius 3 is 2.80 bits per heavy atom. The minimum Gasteiger partial charge on any atom is -0.383 e. The molecule has 0 amide bonds. The molecule has 104 valence electrons. The summed E-state index contributed by atoms with van der Waals surface area (Å²) in [4.78, 5) is 9.12. The Labute approximate surface area is 118 Å². The van der Waals surface area contributed by atoms with Crippen LogP contribution in [0.15, 0.2) is 25.2 Å². The Morgan fingerprint density at radius 1 is 1.35 bits per heavy atom. The third-order valence-electron chi connectivity index (χ3n) is 4.14. The van der Waals surface area contributed by atoms with Gasteiger partial charge in [0.15, 0.2) is 0 Å². The maximum Gasteiger partial charge on any atom is 0.133 e. The van der Waals surface area contributed by atoms with Crippen molar-refractivity contribution in [2.75, 3.05) is 5.73 Å². The standard InChI is InChI=1S/C15H19N5/c1-2-7-19-14(16)13(18-15(19)10-3-4-10)12-8-17-9-20(12)11-5-6-11/h2,8-11H,1,3-7,16H2. The van der Waals surface area contributed by atoms with Gasteiger partial charge in [0, 0.05) is 18.5 Å². The summed E-state index contributed by atoms with van der Waals surface area (Å²) in [5.74, 6) is 2.43. The van der Waals surface area contributed by atoms with E-state index in [1.54, 1.807) is 0 Å². The van der Waals surface area contributed by atoms with Crippen LogP contribution < -0.4 is 5.73 Å².